The van der Waals surface area contributed by atoms with E-state index in [4.69, 9.17) is 16.0 Å². The van der Waals surface area contributed by atoms with E-state index in [1.807, 2.05) is 0 Å². The molecule has 0 atom stereocenters. The highest BCUT2D eigenvalue weighted by Gasteiger charge is 2.36. The van der Waals surface area contributed by atoms with Crippen molar-refractivity contribution in [2.24, 2.45) is 11.5 Å². The van der Waals surface area contributed by atoms with Crippen molar-refractivity contribution >= 4 is 18.3 Å². The molecule has 112 valence electrons. The van der Waals surface area contributed by atoms with E-state index in [1.54, 1.807) is 24.3 Å². The molecule has 1 aromatic heterocycles. The normalized spacial score (nSPS) is 16.4. The largest absolute Gasteiger partial charge is 0.366 e. The fraction of sp³-hybridized carbons (Fsp3) is 0.357. The van der Waals surface area contributed by atoms with Crippen molar-refractivity contribution < 1.29 is 9.32 Å². The number of benzene rings is 1. The molecule has 2 aromatic rings. The monoisotopic (exact) mass is 308 g/mol. The molecule has 1 aliphatic carbocycles. The summed E-state index contributed by atoms with van der Waals surface area (Å²) < 4.78 is 5.27. The van der Waals surface area contributed by atoms with E-state index in [1.165, 1.54) is 0 Å². The molecule has 1 fully saturated rings. The first-order valence-electron chi connectivity index (χ1n) is 6.62. The molecule has 0 unspecified atom stereocenters. The van der Waals surface area contributed by atoms with E-state index in [2.05, 4.69) is 10.1 Å². The van der Waals surface area contributed by atoms with Crippen molar-refractivity contribution in [2.45, 2.75) is 31.2 Å². The smallest absolute Gasteiger partial charge is 0.258 e. The topological polar surface area (TPSA) is 108 Å². The molecule has 0 bridgehead atoms. The highest BCUT2D eigenvalue weighted by Crippen LogP contribution is 2.35. The second kappa shape index (κ2) is 5.83. The van der Waals surface area contributed by atoms with Gasteiger partial charge in [0.25, 0.3) is 5.89 Å². The molecule has 4 N–H and O–H groups in total. The number of aromatic nitrogens is 2. The maximum atomic E-state index is 11.2. The van der Waals surface area contributed by atoms with E-state index in [0.717, 1.165) is 25.7 Å². The molecule has 1 aromatic carbocycles. The number of amides is 1. The molecule has 7 heteroatoms. The molecule has 6 nitrogen and oxygen atoms in total. The minimum absolute atomic E-state index is 0. The number of nitrogens with zero attached hydrogens (tertiary/aromatic N) is 2. The molecule has 1 saturated carbocycles. The van der Waals surface area contributed by atoms with Crippen LogP contribution >= 0.6 is 12.4 Å². The zero-order valence-corrected chi connectivity index (χ0v) is 12.2. The molecule has 0 saturated heterocycles. The van der Waals surface area contributed by atoms with Gasteiger partial charge in [0, 0.05) is 11.1 Å². The quantitative estimate of drug-likeness (QED) is 0.901. The molecule has 21 heavy (non-hydrogen) atoms. The molecule has 0 aliphatic heterocycles. The van der Waals surface area contributed by atoms with Crippen LogP contribution in [-0.2, 0) is 5.54 Å². The molecule has 3 rings (SSSR count). The number of carbonyl (C=O) groups is 1. The van der Waals surface area contributed by atoms with Gasteiger partial charge in [-0.2, -0.15) is 4.98 Å². The summed E-state index contributed by atoms with van der Waals surface area (Å²) in [5.74, 6) is 0.409. The number of hydrogen-bond donors (Lipinski definition) is 2. The SMILES string of the molecule is Cl.NC(=O)c1cccc(-c2nc(C3(N)CCCC3)no2)c1. The first-order valence-corrected chi connectivity index (χ1v) is 6.62. The highest BCUT2D eigenvalue weighted by molar-refractivity contribution is 5.93. The number of nitrogens with two attached hydrogens (primary N) is 2. The Labute approximate surface area is 128 Å². The van der Waals surface area contributed by atoms with Crippen molar-refractivity contribution in [1.82, 2.24) is 10.1 Å². The first kappa shape index (κ1) is 15.5. The van der Waals surface area contributed by atoms with Crippen molar-refractivity contribution in [3.05, 3.63) is 35.7 Å². The van der Waals surface area contributed by atoms with Gasteiger partial charge in [0.2, 0.25) is 5.91 Å². The Morgan fingerprint density at radius 3 is 2.67 bits per heavy atom. The van der Waals surface area contributed by atoms with Crippen molar-refractivity contribution in [3.8, 4) is 11.5 Å². The van der Waals surface area contributed by atoms with Crippen LogP contribution in [0.15, 0.2) is 28.8 Å². The van der Waals surface area contributed by atoms with Crippen LogP contribution in [0.2, 0.25) is 0 Å². The van der Waals surface area contributed by atoms with Crippen molar-refractivity contribution in [2.75, 3.05) is 0 Å². The van der Waals surface area contributed by atoms with Crippen LogP contribution in [-0.4, -0.2) is 16.0 Å². The van der Waals surface area contributed by atoms with Crippen molar-refractivity contribution in [3.63, 3.8) is 0 Å². The Balaban J connectivity index is 0.00000161. The van der Waals surface area contributed by atoms with Crippen LogP contribution in [0.1, 0.15) is 41.9 Å². The number of rotatable bonds is 3. The second-order valence-corrected chi connectivity index (χ2v) is 5.23. The molecular weight excluding hydrogens is 292 g/mol. The average molecular weight is 309 g/mol. The predicted molar refractivity (Wildman–Crippen MR) is 79.8 cm³/mol. The molecule has 1 heterocycles. The third-order valence-corrected chi connectivity index (χ3v) is 3.76. The summed E-state index contributed by atoms with van der Waals surface area (Å²) in [4.78, 5) is 15.6. The van der Waals surface area contributed by atoms with Gasteiger partial charge in [-0.3, -0.25) is 4.79 Å². The van der Waals surface area contributed by atoms with Crippen LogP contribution < -0.4 is 11.5 Å². The fourth-order valence-corrected chi connectivity index (χ4v) is 2.58. The van der Waals surface area contributed by atoms with Gasteiger partial charge in [-0.05, 0) is 31.0 Å². The van der Waals surface area contributed by atoms with E-state index in [0.29, 0.717) is 22.8 Å². The summed E-state index contributed by atoms with van der Waals surface area (Å²) in [6.07, 6.45) is 3.90. The Hall–Kier alpha value is -1.92. The van der Waals surface area contributed by atoms with Crippen LogP contribution in [0.25, 0.3) is 11.5 Å². The lowest BCUT2D eigenvalue weighted by Crippen LogP contribution is -2.34. The van der Waals surface area contributed by atoms with E-state index in [9.17, 15) is 4.79 Å². The molecule has 1 amide bonds. The van der Waals surface area contributed by atoms with Crippen LogP contribution in [0.4, 0.5) is 0 Å². The van der Waals surface area contributed by atoms with Gasteiger partial charge in [0.15, 0.2) is 5.82 Å². The minimum atomic E-state index is -0.488. The van der Waals surface area contributed by atoms with Crippen LogP contribution in [0, 0.1) is 0 Å². The van der Waals surface area contributed by atoms with Gasteiger partial charge in [-0.15, -0.1) is 12.4 Å². The Kier molecular flexibility index (Phi) is 4.29. The summed E-state index contributed by atoms with van der Waals surface area (Å²) in [7, 11) is 0. The zero-order valence-electron chi connectivity index (χ0n) is 11.4. The summed E-state index contributed by atoms with van der Waals surface area (Å²) in [5.41, 5.74) is 12.1. The Morgan fingerprint density at radius 1 is 1.29 bits per heavy atom. The Bertz CT molecular complexity index is 650. The maximum absolute atomic E-state index is 11.2. The van der Waals surface area contributed by atoms with E-state index in [-0.39, 0.29) is 12.4 Å². The first-order chi connectivity index (χ1) is 9.58. The third kappa shape index (κ3) is 2.91. The van der Waals surface area contributed by atoms with E-state index >= 15 is 0 Å². The summed E-state index contributed by atoms with van der Waals surface area (Å²) in [6, 6.07) is 6.80. The highest BCUT2D eigenvalue weighted by atomic mass is 35.5. The lowest BCUT2D eigenvalue weighted by molar-refractivity contribution is 0.100. The molecular formula is C14H17ClN4O2. The van der Waals surface area contributed by atoms with Gasteiger partial charge < -0.3 is 16.0 Å². The lowest BCUT2D eigenvalue weighted by Gasteiger charge is -2.17. The molecule has 0 spiro atoms. The second-order valence-electron chi connectivity index (χ2n) is 5.23. The van der Waals surface area contributed by atoms with Gasteiger partial charge in [-0.25, -0.2) is 0 Å². The van der Waals surface area contributed by atoms with Gasteiger partial charge in [0.05, 0.1) is 5.54 Å². The van der Waals surface area contributed by atoms with Gasteiger partial charge in [0.1, 0.15) is 0 Å². The average Bonchev–Trinajstić information content (AvgIpc) is 3.08. The van der Waals surface area contributed by atoms with Gasteiger partial charge in [-0.1, -0.05) is 24.1 Å². The van der Waals surface area contributed by atoms with E-state index < -0.39 is 11.4 Å². The van der Waals surface area contributed by atoms with Crippen LogP contribution in [0.3, 0.4) is 0 Å². The summed E-state index contributed by atoms with van der Waals surface area (Å²) >= 11 is 0. The minimum Gasteiger partial charge on any atom is -0.366 e. The fourth-order valence-electron chi connectivity index (χ4n) is 2.58. The standard InChI is InChI=1S/C14H16N4O2.ClH/c15-11(19)9-4-3-5-10(8-9)12-17-13(18-20-12)14(16)6-1-2-7-14;/h3-5,8H,1-2,6-7,16H2,(H2,15,19);1H. The summed E-state index contributed by atoms with van der Waals surface area (Å²) in [6.45, 7) is 0. The third-order valence-electron chi connectivity index (χ3n) is 3.76. The number of carbonyl (C=O) groups excluding carboxylic acids is 1. The molecule has 0 radical (unpaired) electrons. The lowest BCUT2D eigenvalue weighted by atomic mass is 9.98. The molecule has 1 aliphatic rings. The van der Waals surface area contributed by atoms with Crippen LogP contribution in [0.5, 0.6) is 0 Å². The maximum Gasteiger partial charge on any atom is 0.258 e. The Morgan fingerprint density at radius 2 is 2.00 bits per heavy atom. The number of halogens is 1. The predicted octanol–water partition coefficient (Wildman–Crippen LogP) is 1.99. The number of primary amides is 1. The zero-order chi connectivity index (χ0) is 14.2. The van der Waals surface area contributed by atoms with Gasteiger partial charge >= 0.3 is 0 Å². The number of hydrogen-bond acceptors (Lipinski definition) is 5. The van der Waals surface area contributed by atoms with Crippen molar-refractivity contribution in [1.29, 1.82) is 0 Å². The summed E-state index contributed by atoms with van der Waals surface area (Å²) in [5, 5.41) is 3.99.